The van der Waals surface area contributed by atoms with Crippen molar-refractivity contribution in [1.29, 1.82) is 0 Å². The largest absolute Gasteiger partial charge is 0.300 e. The third-order valence-corrected chi connectivity index (χ3v) is 3.56. The van der Waals surface area contributed by atoms with Crippen molar-refractivity contribution in [2.45, 2.75) is 38.3 Å². The summed E-state index contributed by atoms with van der Waals surface area (Å²) in [6.45, 7) is 5.59. The Hall–Kier alpha value is -0.410. The smallest absolute Gasteiger partial charge is 0.136 e. The van der Waals surface area contributed by atoms with E-state index in [0.717, 1.165) is 25.9 Å². The molecular formula is C11H20N2O. The van der Waals surface area contributed by atoms with Crippen LogP contribution in [-0.2, 0) is 4.79 Å². The molecule has 2 aliphatic rings. The van der Waals surface area contributed by atoms with Gasteiger partial charge < -0.3 is 4.90 Å². The van der Waals surface area contributed by atoms with Gasteiger partial charge in [0.2, 0.25) is 0 Å². The number of carbonyl (C=O) groups excluding carboxylic acids is 1. The van der Waals surface area contributed by atoms with E-state index in [1.54, 1.807) is 0 Å². The molecule has 0 spiro atoms. The number of piperidine rings is 1. The first-order valence-corrected chi connectivity index (χ1v) is 5.66. The lowest BCUT2D eigenvalue weighted by molar-refractivity contribution is -0.128. The van der Waals surface area contributed by atoms with Gasteiger partial charge >= 0.3 is 0 Å². The summed E-state index contributed by atoms with van der Waals surface area (Å²) in [5.74, 6) is 0.467. The summed E-state index contributed by atoms with van der Waals surface area (Å²) in [6.07, 6.45) is 2.76. The Morgan fingerprint density at radius 3 is 2.36 bits per heavy atom. The topological polar surface area (TPSA) is 23.6 Å². The molecule has 2 heterocycles. The maximum atomic E-state index is 11.4. The maximum Gasteiger partial charge on any atom is 0.136 e. The van der Waals surface area contributed by atoms with Crippen molar-refractivity contribution >= 4 is 5.78 Å². The molecule has 3 nitrogen and oxygen atoms in total. The SMILES string of the molecule is CCCN1CC2CC(=O)CC(C1)N2C. The molecule has 2 aliphatic heterocycles. The molecule has 0 aromatic rings. The molecule has 2 saturated heterocycles. The maximum absolute atomic E-state index is 11.4. The molecule has 0 amide bonds. The molecule has 0 radical (unpaired) electrons. The number of hydrogen-bond acceptors (Lipinski definition) is 3. The van der Waals surface area contributed by atoms with Crippen molar-refractivity contribution in [2.24, 2.45) is 0 Å². The summed E-state index contributed by atoms with van der Waals surface area (Å²) >= 11 is 0. The van der Waals surface area contributed by atoms with Gasteiger partial charge in [-0.15, -0.1) is 0 Å². The number of likely N-dealkylation sites (N-methyl/N-ethyl adjacent to an activating group) is 1. The quantitative estimate of drug-likeness (QED) is 0.651. The van der Waals surface area contributed by atoms with E-state index in [4.69, 9.17) is 0 Å². The van der Waals surface area contributed by atoms with Gasteiger partial charge in [0.15, 0.2) is 0 Å². The van der Waals surface area contributed by atoms with E-state index in [1.807, 2.05) is 0 Å². The van der Waals surface area contributed by atoms with E-state index in [0.29, 0.717) is 17.9 Å². The Morgan fingerprint density at radius 1 is 1.29 bits per heavy atom. The molecular weight excluding hydrogens is 176 g/mol. The average molecular weight is 196 g/mol. The number of piperazine rings is 1. The van der Waals surface area contributed by atoms with Gasteiger partial charge in [0.25, 0.3) is 0 Å². The highest BCUT2D eigenvalue weighted by atomic mass is 16.1. The summed E-state index contributed by atoms with van der Waals surface area (Å²) in [6, 6.07) is 0.975. The monoisotopic (exact) mass is 196 g/mol. The van der Waals surface area contributed by atoms with Crippen LogP contribution in [0.1, 0.15) is 26.2 Å². The Morgan fingerprint density at radius 2 is 1.86 bits per heavy atom. The molecule has 2 bridgehead atoms. The van der Waals surface area contributed by atoms with E-state index in [9.17, 15) is 4.79 Å². The van der Waals surface area contributed by atoms with Crippen molar-refractivity contribution in [3.63, 3.8) is 0 Å². The van der Waals surface area contributed by atoms with Crippen molar-refractivity contribution in [1.82, 2.24) is 9.80 Å². The minimum Gasteiger partial charge on any atom is -0.300 e. The van der Waals surface area contributed by atoms with Crippen LogP contribution in [0, 0.1) is 0 Å². The Labute approximate surface area is 86.1 Å². The molecule has 14 heavy (non-hydrogen) atoms. The second kappa shape index (κ2) is 3.99. The molecule has 0 aliphatic carbocycles. The second-order valence-electron chi connectivity index (χ2n) is 4.68. The Kier molecular flexibility index (Phi) is 2.88. The van der Waals surface area contributed by atoms with E-state index < -0.39 is 0 Å². The first kappa shape index (κ1) is 10.1. The predicted molar refractivity (Wildman–Crippen MR) is 56.3 cm³/mol. The van der Waals surface area contributed by atoms with Crippen molar-refractivity contribution in [3.8, 4) is 0 Å². The van der Waals surface area contributed by atoms with E-state index in [-0.39, 0.29) is 0 Å². The number of nitrogens with zero attached hydrogens (tertiary/aromatic N) is 2. The molecule has 0 N–H and O–H groups in total. The molecule has 0 aromatic carbocycles. The van der Waals surface area contributed by atoms with Crippen molar-refractivity contribution in [3.05, 3.63) is 0 Å². The van der Waals surface area contributed by atoms with Crippen LogP contribution in [0.25, 0.3) is 0 Å². The zero-order chi connectivity index (χ0) is 10.1. The van der Waals surface area contributed by atoms with Crippen LogP contribution >= 0.6 is 0 Å². The predicted octanol–water partition coefficient (Wildman–Crippen LogP) is 0.744. The van der Waals surface area contributed by atoms with E-state index in [2.05, 4.69) is 23.8 Å². The zero-order valence-corrected chi connectivity index (χ0v) is 9.20. The fourth-order valence-electron chi connectivity index (χ4n) is 2.75. The highest BCUT2D eigenvalue weighted by Gasteiger charge is 2.37. The summed E-state index contributed by atoms with van der Waals surface area (Å²) in [7, 11) is 2.17. The second-order valence-corrected chi connectivity index (χ2v) is 4.68. The molecule has 80 valence electrons. The van der Waals surface area contributed by atoms with Gasteiger partial charge in [-0.3, -0.25) is 9.69 Å². The third kappa shape index (κ3) is 1.84. The van der Waals surface area contributed by atoms with Gasteiger partial charge in [-0.05, 0) is 20.0 Å². The third-order valence-electron chi connectivity index (χ3n) is 3.56. The van der Waals surface area contributed by atoms with Gasteiger partial charge in [-0.25, -0.2) is 0 Å². The summed E-state index contributed by atoms with van der Waals surface area (Å²) in [5, 5.41) is 0. The highest BCUT2D eigenvalue weighted by molar-refractivity contribution is 5.80. The van der Waals surface area contributed by atoms with Crippen LogP contribution in [0.4, 0.5) is 0 Å². The van der Waals surface area contributed by atoms with E-state index >= 15 is 0 Å². The van der Waals surface area contributed by atoms with Crippen LogP contribution in [0.3, 0.4) is 0 Å². The van der Waals surface area contributed by atoms with Crippen LogP contribution in [-0.4, -0.2) is 54.3 Å². The highest BCUT2D eigenvalue weighted by Crippen LogP contribution is 2.24. The lowest BCUT2D eigenvalue weighted by atomic mass is 9.91. The van der Waals surface area contributed by atoms with Crippen molar-refractivity contribution < 1.29 is 4.79 Å². The Balaban J connectivity index is 2.01. The summed E-state index contributed by atoms with van der Waals surface area (Å²) in [4.78, 5) is 16.4. The summed E-state index contributed by atoms with van der Waals surface area (Å²) < 4.78 is 0. The number of hydrogen-bond donors (Lipinski definition) is 0. The van der Waals surface area contributed by atoms with Crippen LogP contribution in [0.5, 0.6) is 0 Å². The van der Waals surface area contributed by atoms with Crippen LogP contribution in [0.15, 0.2) is 0 Å². The van der Waals surface area contributed by atoms with Crippen LogP contribution in [0.2, 0.25) is 0 Å². The minimum atomic E-state index is 0.467. The van der Waals surface area contributed by atoms with Gasteiger partial charge in [-0.2, -0.15) is 0 Å². The fourth-order valence-corrected chi connectivity index (χ4v) is 2.75. The lowest BCUT2D eigenvalue weighted by Crippen LogP contribution is -2.61. The standard InChI is InChI=1S/C11H20N2O/c1-3-4-13-7-9-5-11(14)6-10(8-13)12(9)2/h9-10H,3-8H2,1-2H3. The fraction of sp³-hybridized carbons (Fsp3) is 0.909. The molecule has 0 aromatic heterocycles. The van der Waals surface area contributed by atoms with Crippen molar-refractivity contribution in [2.75, 3.05) is 26.7 Å². The van der Waals surface area contributed by atoms with Gasteiger partial charge in [0.05, 0.1) is 0 Å². The van der Waals surface area contributed by atoms with Crippen LogP contribution < -0.4 is 0 Å². The molecule has 2 fully saturated rings. The van der Waals surface area contributed by atoms with Gasteiger partial charge in [0.1, 0.15) is 5.78 Å². The number of carbonyl (C=O) groups is 1. The molecule has 2 rings (SSSR count). The molecule has 3 heteroatoms. The number of fused-ring (bicyclic) bond motifs is 2. The van der Waals surface area contributed by atoms with E-state index in [1.165, 1.54) is 13.0 Å². The first-order valence-electron chi connectivity index (χ1n) is 5.66. The van der Waals surface area contributed by atoms with Gasteiger partial charge in [0, 0.05) is 38.0 Å². The molecule has 2 atom stereocenters. The number of likely N-dealkylation sites (tertiary alicyclic amines) is 1. The molecule has 2 unspecified atom stereocenters. The normalized spacial score (nSPS) is 34.9. The lowest BCUT2D eigenvalue weighted by Gasteiger charge is -2.47. The zero-order valence-electron chi connectivity index (χ0n) is 9.20. The number of ketones is 1. The number of Topliss-reactive ketones (excluding diaryl/α,β-unsaturated/α-hetero) is 1. The minimum absolute atomic E-state index is 0.467. The summed E-state index contributed by atoms with van der Waals surface area (Å²) in [5.41, 5.74) is 0. The number of rotatable bonds is 2. The Bertz CT molecular complexity index is 211. The molecule has 0 saturated carbocycles. The van der Waals surface area contributed by atoms with Gasteiger partial charge in [-0.1, -0.05) is 6.92 Å². The average Bonchev–Trinajstić information content (AvgIpc) is 2.09. The first-order chi connectivity index (χ1) is 6.70.